The lowest BCUT2D eigenvalue weighted by molar-refractivity contribution is -0.318. The summed E-state index contributed by atoms with van der Waals surface area (Å²) < 4.78 is 65.0. The molecule has 21 nitrogen and oxygen atoms in total. The molecular formula is C67H97Cl2N5O16. The molecule has 500 valence electrons. The minimum atomic E-state index is -1.55. The fraction of sp³-hybridized carbons (Fsp3) is 0.701. The number of nitrogens with zero attached hydrogens (tertiary/aromatic N) is 5. The number of fused-ring (bicyclic) bond motifs is 1. The van der Waals surface area contributed by atoms with Crippen molar-refractivity contribution >= 4 is 52.6 Å². The smallest absolute Gasteiger partial charge is 0.410 e. The number of aliphatic hydroxyl groups is 2. The van der Waals surface area contributed by atoms with Gasteiger partial charge in [0.25, 0.3) is 5.91 Å². The van der Waals surface area contributed by atoms with E-state index < -0.39 is 120 Å². The summed E-state index contributed by atoms with van der Waals surface area (Å²) in [5.74, 6) is -3.26. The number of carbonyl (C=O) groups excluding carboxylic acids is 4. The highest BCUT2D eigenvalue weighted by atomic mass is 35.5. The second-order valence-corrected chi connectivity index (χ2v) is 27.1. The molecule has 0 unspecified atom stereocenters. The van der Waals surface area contributed by atoms with Gasteiger partial charge in [0.05, 0.1) is 82.4 Å². The maximum atomic E-state index is 15.5. The molecule has 6 heterocycles. The van der Waals surface area contributed by atoms with Gasteiger partial charge in [0.15, 0.2) is 29.7 Å². The van der Waals surface area contributed by atoms with Gasteiger partial charge >= 0.3 is 12.1 Å². The molecule has 23 heteroatoms. The van der Waals surface area contributed by atoms with Gasteiger partial charge in [-0.15, -0.1) is 0 Å². The first-order valence-electron chi connectivity index (χ1n) is 32.1. The average Bonchev–Trinajstić information content (AvgIpc) is 1.57. The zero-order chi connectivity index (χ0) is 65.6. The molecule has 1 aromatic carbocycles. The fourth-order valence-corrected chi connectivity index (χ4v) is 14.9. The van der Waals surface area contributed by atoms with Gasteiger partial charge in [0, 0.05) is 107 Å². The van der Waals surface area contributed by atoms with E-state index in [1.165, 1.54) is 18.2 Å². The SMILES string of the molecule is CC[C@H]1OC(=O)[C@H](C)[C@@H](O[C@H]2C[C@@](C)(OC)[C@@H](O)[C@H](C)O2)[C@H](C)[C@@H](O[C@@H]2O[C@H](C)C[C@H](N(C)C(=O)c3cccnc3)[C@H]2O)[C@](C)(OC)CCC[C@@H](C)C(=O)[C@H](C)[C@H]2N(CCCN(Cc3c(Cl)cncc3Cl)c3ccc(OC)c(OC4CCCC4)c3)C(=O)O[C@]12C. The highest BCUT2D eigenvalue weighted by Crippen LogP contribution is 2.45. The first kappa shape index (κ1) is 70.9. The van der Waals surface area contributed by atoms with Gasteiger partial charge in [-0.1, -0.05) is 50.9 Å². The summed E-state index contributed by atoms with van der Waals surface area (Å²) in [5.41, 5.74) is -2.09. The van der Waals surface area contributed by atoms with Gasteiger partial charge < -0.3 is 72.3 Å². The first-order chi connectivity index (χ1) is 42.7. The van der Waals surface area contributed by atoms with Crippen LogP contribution in [0.4, 0.5) is 10.5 Å². The number of rotatable bonds is 19. The van der Waals surface area contributed by atoms with Crippen LogP contribution in [0, 0.1) is 23.7 Å². The summed E-state index contributed by atoms with van der Waals surface area (Å²) in [6.07, 6.45) is 2.46. The molecule has 0 spiro atoms. The third-order valence-corrected chi connectivity index (χ3v) is 20.7. The fourth-order valence-electron chi connectivity index (χ4n) is 14.5. The van der Waals surface area contributed by atoms with E-state index in [4.69, 9.17) is 70.6 Å². The lowest BCUT2D eigenvalue weighted by atomic mass is 9.75. The van der Waals surface area contributed by atoms with Gasteiger partial charge in [-0.25, -0.2) is 4.79 Å². The molecule has 2 aromatic heterocycles. The van der Waals surface area contributed by atoms with Gasteiger partial charge in [0.2, 0.25) is 0 Å². The maximum absolute atomic E-state index is 15.5. The second kappa shape index (κ2) is 30.4. The summed E-state index contributed by atoms with van der Waals surface area (Å²) in [6.45, 7) is 18.8. The Hall–Kier alpha value is -4.94. The molecule has 5 fully saturated rings. The number of cyclic esters (lactones) is 1. The molecule has 0 bridgehead atoms. The zero-order valence-corrected chi connectivity index (χ0v) is 56.4. The first-order valence-corrected chi connectivity index (χ1v) is 32.8. The third-order valence-electron chi connectivity index (χ3n) is 20.0. The molecule has 1 saturated carbocycles. The van der Waals surface area contributed by atoms with Gasteiger partial charge in [-0.3, -0.25) is 24.4 Å². The van der Waals surface area contributed by atoms with Crippen molar-refractivity contribution in [2.45, 2.75) is 237 Å². The number of ketones is 1. The minimum absolute atomic E-state index is 0.0561. The Kier molecular flexibility index (Phi) is 24.0. The van der Waals surface area contributed by atoms with Gasteiger partial charge in [-0.05, 0) is 130 Å². The van der Waals surface area contributed by atoms with Crippen LogP contribution in [-0.2, 0) is 54.0 Å². The highest BCUT2D eigenvalue weighted by Gasteiger charge is 2.60. The van der Waals surface area contributed by atoms with Crippen molar-refractivity contribution in [3.63, 3.8) is 0 Å². The van der Waals surface area contributed by atoms with E-state index in [0.29, 0.717) is 64.9 Å². The summed E-state index contributed by atoms with van der Waals surface area (Å²) in [7, 11) is 6.31. The van der Waals surface area contributed by atoms with Crippen LogP contribution in [0.1, 0.15) is 156 Å². The third kappa shape index (κ3) is 15.5. The van der Waals surface area contributed by atoms with Crippen LogP contribution in [0.5, 0.6) is 11.5 Å². The largest absolute Gasteiger partial charge is 0.493 e. The maximum Gasteiger partial charge on any atom is 0.410 e. The molecule has 90 heavy (non-hydrogen) atoms. The lowest BCUT2D eigenvalue weighted by Crippen LogP contribution is -2.61. The highest BCUT2D eigenvalue weighted by molar-refractivity contribution is 6.35. The van der Waals surface area contributed by atoms with Crippen molar-refractivity contribution in [2.24, 2.45) is 23.7 Å². The Morgan fingerprint density at radius 1 is 0.856 bits per heavy atom. The number of likely N-dealkylation sites (N-methyl/N-ethyl adjacent to an activating group) is 1. The van der Waals surface area contributed by atoms with Crippen LogP contribution >= 0.6 is 23.2 Å². The monoisotopic (exact) mass is 1300 g/mol. The summed E-state index contributed by atoms with van der Waals surface area (Å²) in [6, 6.07) is 7.44. The van der Waals surface area contributed by atoms with Crippen molar-refractivity contribution < 1.29 is 76.8 Å². The van der Waals surface area contributed by atoms with Gasteiger partial charge in [0.1, 0.15) is 24.1 Å². The number of hydrogen-bond donors (Lipinski definition) is 2. The Morgan fingerprint density at radius 3 is 2.20 bits per heavy atom. The number of pyridine rings is 2. The van der Waals surface area contributed by atoms with Crippen LogP contribution in [0.25, 0.3) is 0 Å². The van der Waals surface area contributed by atoms with Crippen molar-refractivity contribution in [3.8, 4) is 11.5 Å². The van der Waals surface area contributed by atoms with E-state index in [1.54, 1.807) is 84.6 Å². The van der Waals surface area contributed by atoms with E-state index in [2.05, 4.69) is 14.9 Å². The number of aromatic nitrogens is 2. The Morgan fingerprint density at radius 2 is 1.56 bits per heavy atom. The van der Waals surface area contributed by atoms with E-state index in [9.17, 15) is 19.8 Å². The Labute approximate surface area is 541 Å². The number of esters is 1. The number of carbonyl (C=O) groups is 4. The number of amides is 2. The second-order valence-electron chi connectivity index (χ2n) is 26.2. The molecule has 3 aromatic rings. The molecule has 5 aliphatic rings. The molecule has 4 saturated heterocycles. The van der Waals surface area contributed by atoms with Crippen molar-refractivity contribution in [2.75, 3.05) is 46.4 Å². The molecule has 18 atom stereocenters. The predicted octanol–water partition coefficient (Wildman–Crippen LogP) is 10.4. The summed E-state index contributed by atoms with van der Waals surface area (Å²) in [4.78, 5) is 72.9. The summed E-state index contributed by atoms with van der Waals surface area (Å²) in [5, 5.41) is 24.5. The molecule has 4 aliphatic heterocycles. The normalized spacial score (nSPS) is 34.9. The number of ether oxygens (including phenoxy) is 10. The Balaban J connectivity index is 1.13. The predicted molar refractivity (Wildman–Crippen MR) is 337 cm³/mol. The van der Waals surface area contributed by atoms with Crippen LogP contribution in [0.2, 0.25) is 10.0 Å². The molecule has 1 aliphatic carbocycles. The number of hydrogen-bond acceptors (Lipinski definition) is 19. The van der Waals surface area contributed by atoms with Crippen LogP contribution < -0.4 is 14.4 Å². The minimum Gasteiger partial charge on any atom is -0.493 e. The number of halogens is 2. The van der Waals surface area contributed by atoms with E-state index in [1.807, 2.05) is 59.7 Å². The average molecular weight is 1300 g/mol. The van der Waals surface area contributed by atoms with E-state index >= 15 is 9.59 Å². The van der Waals surface area contributed by atoms with E-state index in [-0.39, 0.29) is 50.1 Å². The molecule has 2 amide bonds. The number of benzene rings is 1. The topological polar surface area (TPSA) is 237 Å². The summed E-state index contributed by atoms with van der Waals surface area (Å²) >= 11 is 13.6. The standard InChI is InChI=1S/C67H97Cl2N5O16/c1-15-53-67(10)58(74(64(80)90-67)30-20-29-73(37-47-48(68)35-71-36-49(47)69)45-25-26-51(81-12)52(32-45)86-46-23-16-17-24-46)40(4)55(75)38(2)21-18-27-65(8,82-13)60(89-63-56(76)50(31-39(3)84-63)72(11)61(78)44-22-19-28-70-34-44)41(5)57(42(6)62(79)87-53)88-54-33-66(9,83-14)59(77)43(7)85-54/h19,22,25-26,28,32,34-36,38-43,46,50,53-54,56-60,63,76-77H,15-18,20-21,23-24,27,29-31,33,37H2,1-14H3/t38-,39-,40+,41+,42-,43+,50+,53-,54+,56-,57+,58-,59+,60-,63+,65-,66-,67-/m1/s1. The van der Waals surface area contributed by atoms with Crippen LogP contribution in [-0.4, -0.2) is 185 Å². The Bertz CT molecular complexity index is 2890. The van der Waals surface area contributed by atoms with E-state index in [0.717, 1.165) is 31.4 Å². The van der Waals surface area contributed by atoms with Crippen molar-refractivity contribution in [3.05, 3.63) is 76.3 Å². The molecule has 8 rings (SSSR count). The molecular weight excluding hydrogens is 1200 g/mol. The zero-order valence-electron chi connectivity index (χ0n) is 54.9. The lowest BCUT2D eigenvalue weighted by Gasteiger charge is -2.49. The van der Waals surface area contributed by atoms with Crippen LogP contribution in [0.3, 0.4) is 0 Å². The number of methoxy groups -OCH3 is 3. The quantitative estimate of drug-likeness (QED) is 0.106. The number of anilines is 1. The van der Waals surface area contributed by atoms with Crippen molar-refractivity contribution in [1.82, 2.24) is 19.8 Å². The van der Waals surface area contributed by atoms with Gasteiger partial charge in [-0.2, -0.15) is 0 Å². The molecule has 0 radical (unpaired) electrons. The number of Topliss-reactive ketones (excluding diaryl/α,β-unsaturated/α-hetero) is 1. The molecule has 2 N–H and O–H groups in total. The number of aliphatic hydroxyl groups excluding tert-OH is 2. The van der Waals surface area contributed by atoms with Crippen LogP contribution in [0.15, 0.2) is 55.1 Å². The van der Waals surface area contributed by atoms with Crippen molar-refractivity contribution in [1.29, 1.82) is 0 Å².